The Balaban J connectivity index is 1.64. The molecule has 2 N–H and O–H groups in total. The first kappa shape index (κ1) is 25.5. The SMILES string of the molecule is COc1ccc(NC(=O)CNc2ccc(C(=O)OC(C)C)cc2)cc1S(=O)(=O)N1CCOCC1. The third-order valence-electron chi connectivity index (χ3n) is 4.95. The number of nitrogens with zero attached hydrogens (tertiary/aromatic N) is 1. The molecule has 2 aromatic carbocycles. The highest BCUT2D eigenvalue weighted by molar-refractivity contribution is 7.89. The van der Waals surface area contributed by atoms with Crippen LogP contribution in [0.5, 0.6) is 5.75 Å². The van der Waals surface area contributed by atoms with Gasteiger partial charge in [0.05, 0.1) is 38.5 Å². The molecule has 10 nitrogen and oxygen atoms in total. The molecular weight excluding hydrogens is 462 g/mol. The molecule has 1 fully saturated rings. The van der Waals surface area contributed by atoms with Crippen LogP contribution in [0.1, 0.15) is 24.2 Å². The lowest BCUT2D eigenvalue weighted by Gasteiger charge is -2.26. The number of carbonyl (C=O) groups excluding carboxylic acids is 2. The third kappa shape index (κ3) is 6.46. The van der Waals surface area contributed by atoms with Gasteiger partial charge in [-0.15, -0.1) is 0 Å². The molecule has 0 aliphatic carbocycles. The molecule has 2 aromatic rings. The van der Waals surface area contributed by atoms with E-state index in [9.17, 15) is 18.0 Å². The zero-order valence-electron chi connectivity index (χ0n) is 19.4. The van der Waals surface area contributed by atoms with Crippen molar-refractivity contribution in [2.75, 3.05) is 50.6 Å². The van der Waals surface area contributed by atoms with Gasteiger partial charge in [-0.25, -0.2) is 13.2 Å². The van der Waals surface area contributed by atoms with Crippen LogP contribution < -0.4 is 15.4 Å². The standard InChI is InChI=1S/C23H29N3O7S/c1-16(2)33-23(28)17-4-6-18(7-5-17)24-15-22(27)25-19-8-9-20(31-3)21(14-19)34(29,30)26-10-12-32-13-11-26/h4-9,14,16,24H,10-13,15H2,1-3H3,(H,25,27). The number of sulfonamides is 1. The topological polar surface area (TPSA) is 123 Å². The van der Waals surface area contributed by atoms with Gasteiger partial charge in [-0.2, -0.15) is 4.31 Å². The number of amides is 1. The maximum atomic E-state index is 13.1. The molecule has 3 rings (SSSR count). The van der Waals surface area contributed by atoms with Crippen molar-refractivity contribution in [3.8, 4) is 5.75 Å². The van der Waals surface area contributed by atoms with Crippen LogP contribution in [0, 0.1) is 0 Å². The molecule has 1 aliphatic rings. The molecule has 0 atom stereocenters. The number of hydrogen-bond donors (Lipinski definition) is 2. The Bertz CT molecular complexity index is 1110. The van der Waals surface area contributed by atoms with Gasteiger partial charge in [0.2, 0.25) is 15.9 Å². The maximum absolute atomic E-state index is 13.1. The molecule has 1 aliphatic heterocycles. The van der Waals surface area contributed by atoms with Crippen LogP contribution >= 0.6 is 0 Å². The number of ether oxygens (including phenoxy) is 3. The normalized spacial score (nSPS) is 14.5. The van der Waals surface area contributed by atoms with Gasteiger partial charge < -0.3 is 24.8 Å². The van der Waals surface area contributed by atoms with Crippen LogP contribution in [0.4, 0.5) is 11.4 Å². The number of rotatable bonds is 9. The lowest BCUT2D eigenvalue weighted by molar-refractivity contribution is -0.114. The summed E-state index contributed by atoms with van der Waals surface area (Å²) in [5.41, 5.74) is 1.38. The summed E-state index contributed by atoms with van der Waals surface area (Å²) in [6.07, 6.45) is -0.212. The van der Waals surface area contributed by atoms with Crippen molar-refractivity contribution < 1.29 is 32.2 Å². The molecule has 1 saturated heterocycles. The minimum absolute atomic E-state index is 0.0217. The lowest BCUT2D eigenvalue weighted by atomic mass is 10.2. The molecule has 0 radical (unpaired) electrons. The van der Waals surface area contributed by atoms with Gasteiger partial charge in [-0.3, -0.25) is 4.79 Å². The quantitative estimate of drug-likeness (QED) is 0.513. The highest BCUT2D eigenvalue weighted by atomic mass is 32.2. The Hall–Kier alpha value is -3.15. The van der Waals surface area contributed by atoms with Crippen molar-refractivity contribution >= 4 is 33.3 Å². The number of anilines is 2. The molecule has 1 amide bonds. The zero-order chi connectivity index (χ0) is 24.7. The summed E-state index contributed by atoms with van der Waals surface area (Å²) >= 11 is 0. The van der Waals surface area contributed by atoms with Crippen molar-refractivity contribution in [3.63, 3.8) is 0 Å². The number of morpholine rings is 1. The van der Waals surface area contributed by atoms with Gasteiger partial charge in [0.25, 0.3) is 0 Å². The average molecular weight is 492 g/mol. The summed E-state index contributed by atoms with van der Waals surface area (Å²) in [5.74, 6) is -0.594. The molecule has 0 aromatic heterocycles. The Kier molecular flexibility index (Phi) is 8.48. The summed E-state index contributed by atoms with van der Waals surface area (Å²) in [7, 11) is -2.42. The summed E-state index contributed by atoms with van der Waals surface area (Å²) in [4.78, 5) is 24.3. The fourth-order valence-electron chi connectivity index (χ4n) is 3.28. The smallest absolute Gasteiger partial charge is 0.338 e. The van der Waals surface area contributed by atoms with Gasteiger partial charge in [0.1, 0.15) is 10.6 Å². The molecule has 0 spiro atoms. The number of carbonyl (C=O) groups is 2. The van der Waals surface area contributed by atoms with Crippen LogP contribution in [-0.2, 0) is 24.3 Å². The molecule has 34 heavy (non-hydrogen) atoms. The Morgan fingerprint density at radius 2 is 1.71 bits per heavy atom. The van der Waals surface area contributed by atoms with Gasteiger partial charge in [0.15, 0.2) is 0 Å². The van der Waals surface area contributed by atoms with E-state index in [4.69, 9.17) is 14.2 Å². The van der Waals surface area contributed by atoms with Crippen molar-refractivity contribution in [2.24, 2.45) is 0 Å². The highest BCUT2D eigenvalue weighted by Gasteiger charge is 2.29. The van der Waals surface area contributed by atoms with E-state index in [1.807, 2.05) is 0 Å². The van der Waals surface area contributed by atoms with Crippen LogP contribution in [-0.4, -0.2) is 70.7 Å². The number of hydrogen-bond acceptors (Lipinski definition) is 8. The Morgan fingerprint density at radius 1 is 1.06 bits per heavy atom. The predicted molar refractivity (Wildman–Crippen MR) is 127 cm³/mol. The predicted octanol–water partition coefficient (Wildman–Crippen LogP) is 2.33. The average Bonchev–Trinajstić information content (AvgIpc) is 2.83. The lowest BCUT2D eigenvalue weighted by Crippen LogP contribution is -2.40. The molecule has 0 saturated carbocycles. The van der Waals surface area contributed by atoms with Gasteiger partial charge in [-0.05, 0) is 56.3 Å². The van der Waals surface area contributed by atoms with Crippen LogP contribution in [0.15, 0.2) is 47.4 Å². The molecule has 184 valence electrons. The maximum Gasteiger partial charge on any atom is 0.338 e. The van der Waals surface area contributed by atoms with E-state index in [-0.39, 0.29) is 42.3 Å². The van der Waals surface area contributed by atoms with Gasteiger partial charge in [0, 0.05) is 24.5 Å². The second kappa shape index (κ2) is 11.3. The first-order valence-corrected chi connectivity index (χ1v) is 12.3. The Labute approximate surface area is 199 Å². The first-order valence-electron chi connectivity index (χ1n) is 10.8. The molecule has 11 heteroatoms. The monoisotopic (exact) mass is 491 g/mol. The number of benzene rings is 2. The second-order valence-electron chi connectivity index (χ2n) is 7.82. The van der Waals surface area contributed by atoms with Crippen LogP contribution in [0.2, 0.25) is 0 Å². The number of methoxy groups -OCH3 is 1. The zero-order valence-corrected chi connectivity index (χ0v) is 20.2. The van der Waals surface area contributed by atoms with Crippen LogP contribution in [0.25, 0.3) is 0 Å². The largest absolute Gasteiger partial charge is 0.495 e. The van der Waals surface area contributed by atoms with Crippen molar-refractivity contribution in [2.45, 2.75) is 24.8 Å². The molecule has 0 unspecified atom stereocenters. The fraction of sp³-hybridized carbons (Fsp3) is 0.391. The first-order chi connectivity index (χ1) is 16.2. The van der Waals surface area contributed by atoms with Crippen LogP contribution in [0.3, 0.4) is 0 Å². The second-order valence-corrected chi connectivity index (χ2v) is 9.72. The van der Waals surface area contributed by atoms with Crippen molar-refractivity contribution in [1.29, 1.82) is 0 Å². The van der Waals surface area contributed by atoms with E-state index in [1.54, 1.807) is 44.2 Å². The van der Waals surface area contributed by atoms with Crippen molar-refractivity contribution in [1.82, 2.24) is 4.31 Å². The van der Waals surface area contributed by atoms with E-state index in [2.05, 4.69) is 10.6 Å². The summed E-state index contributed by atoms with van der Waals surface area (Å²) in [6.45, 7) is 4.63. The minimum Gasteiger partial charge on any atom is -0.495 e. The van der Waals surface area contributed by atoms with E-state index in [0.29, 0.717) is 30.2 Å². The van der Waals surface area contributed by atoms with Crippen molar-refractivity contribution in [3.05, 3.63) is 48.0 Å². The number of esters is 1. The fourth-order valence-corrected chi connectivity index (χ4v) is 4.87. The van der Waals surface area contributed by atoms with Gasteiger partial charge in [-0.1, -0.05) is 0 Å². The summed E-state index contributed by atoms with van der Waals surface area (Å²) < 4.78 is 43.1. The van der Waals surface area contributed by atoms with E-state index in [0.717, 1.165) is 0 Å². The van der Waals surface area contributed by atoms with E-state index >= 15 is 0 Å². The minimum atomic E-state index is -3.81. The van der Waals surface area contributed by atoms with Gasteiger partial charge >= 0.3 is 5.97 Å². The molecular formula is C23H29N3O7S. The number of nitrogens with one attached hydrogen (secondary N) is 2. The molecule has 0 bridgehead atoms. The summed E-state index contributed by atoms with van der Waals surface area (Å²) in [5, 5.41) is 5.65. The Morgan fingerprint density at radius 3 is 2.32 bits per heavy atom. The van der Waals surface area contributed by atoms with E-state index < -0.39 is 16.0 Å². The third-order valence-corrected chi connectivity index (χ3v) is 6.87. The van der Waals surface area contributed by atoms with E-state index in [1.165, 1.54) is 23.5 Å². The molecule has 1 heterocycles. The summed E-state index contributed by atoms with van der Waals surface area (Å²) in [6, 6.07) is 11.0. The highest BCUT2D eigenvalue weighted by Crippen LogP contribution is 2.30.